The Morgan fingerprint density at radius 3 is 3.00 bits per heavy atom. The number of ether oxygens (including phenoxy) is 1. The van der Waals surface area contributed by atoms with Gasteiger partial charge in [-0.1, -0.05) is 23.7 Å². The average molecular weight is 317 g/mol. The Hall–Kier alpha value is -1.65. The van der Waals surface area contributed by atoms with E-state index in [1.807, 2.05) is 19.1 Å². The van der Waals surface area contributed by atoms with Gasteiger partial charge in [0.25, 0.3) is 5.91 Å². The molecule has 0 unspecified atom stereocenters. The molecule has 4 nitrogen and oxygen atoms in total. The van der Waals surface area contributed by atoms with E-state index in [9.17, 15) is 4.79 Å². The number of hydrogen-bond acceptors (Lipinski definition) is 3. The molecule has 2 aliphatic rings. The van der Waals surface area contributed by atoms with Crippen LogP contribution in [0.2, 0.25) is 5.02 Å². The van der Waals surface area contributed by atoms with Gasteiger partial charge in [0.05, 0.1) is 35.2 Å². The molecule has 0 radical (unpaired) electrons. The van der Waals surface area contributed by atoms with Crippen molar-refractivity contribution in [1.29, 1.82) is 0 Å². The van der Waals surface area contributed by atoms with Crippen LogP contribution in [0.4, 0.5) is 0 Å². The van der Waals surface area contributed by atoms with Gasteiger partial charge in [0.2, 0.25) is 0 Å². The van der Waals surface area contributed by atoms with Crippen molar-refractivity contribution in [2.45, 2.75) is 38.7 Å². The van der Waals surface area contributed by atoms with Gasteiger partial charge in [-0.15, -0.1) is 0 Å². The summed E-state index contributed by atoms with van der Waals surface area (Å²) < 4.78 is 7.01. The summed E-state index contributed by atoms with van der Waals surface area (Å²) in [4.78, 5) is 13.1. The summed E-state index contributed by atoms with van der Waals surface area (Å²) in [6.07, 6.45) is 3.06. The molecule has 1 saturated carbocycles. The minimum absolute atomic E-state index is 0.137. The van der Waals surface area contributed by atoms with Gasteiger partial charge >= 0.3 is 0 Å². The van der Waals surface area contributed by atoms with Crippen LogP contribution in [0.3, 0.4) is 0 Å². The molecule has 0 saturated heterocycles. The van der Waals surface area contributed by atoms with Crippen LogP contribution in [-0.2, 0) is 17.8 Å². The third-order valence-electron chi connectivity index (χ3n) is 4.50. The molecule has 1 aromatic carbocycles. The molecular formula is C17H17ClN2O2. The second-order valence-electron chi connectivity index (χ2n) is 6.01. The smallest absolute Gasteiger partial charge is 0.280 e. The molecule has 114 valence electrons. The number of carbonyl (C=O) groups excluding carboxylic acids is 1. The van der Waals surface area contributed by atoms with Crippen molar-refractivity contribution in [3.05, 3.63) is 51.3 Å². The molecule has 1 aliphatic carbocycles. The molecule has 22 heavy (non-hydrogen) atoms. The van der Waals surface area contributed by atoms with E-state index >= 15 is 0 Å². The predicted octanol–water partition coefficient (Wildman–Crippen LogP) is 3.48. The lowest BCUT2D eigenvalue weighted by Crippen LogP contribution is -2.21. The zero-order chi connectivity index (χ0) is 15.3. The van der Waals surface area contributed by atoms with Gasteiger partial charge in [-0.3, -0.25) is 4.79 Å². The van der Waals surface area contributed by atoms with Gasteiger partial charge in [-0.25, -0.2) is 0 Å². The van der Waals surface area contributed by atoms with E-state index in [-0.39, 0.29) is 5.91 Å². The standard InChI is InChI=1S/C17H17ClN2O2/c1-10-12-7-8-22-9-15(12)20(19-10)17(21)16-13(11-5-6-11)3-2-4-14(16)18/h2-4,11H,5-9H2,1H3. The molecule has 0 bridgehead atoms. The molecule has 0 amide bonds. The number of benzene rings is 1. The van der Waals surface area contributed by atoms with E-state index < -0.39 is 0 Å². The van der Waals surface area contributed by atoms with Crippen LogP contribution in [0.15, 0.2) is 18.2 Å². The van der Waals surface area contributed by atoms with Crippen LogP contribution in [0, 0.1) is 6.92 Å². The summed E-state index contributed by atoms with van der Waals surface area (Å²) >= 11 is 6.34. The quantitative estimate of drug-likeness (QED) is 0.852. The maximum Gasteiger partial charge on any atom is 0.280 e. The fourth-order valence-electron chi connectivity index (χ4n) is 3.20. The first-order chi connectivity index (χ1) is 10.7. The number of aryl methyl sites for hydroxylation is 1. The molecule has 1 aromatic heterocycles. The molecule has 2 heterocycles. The SMILES string of the molecule is Cc1nn(C(=O)c2c(Cl)cccc2C2CC2)c2c1CCOC2. The lowest BCUT2D eigenvalue weighted by Gasteiger charge is -2.15. The van der Waals surface area contributed by atoms with Crippen molar-refractivity contribution in [2.24, 2.45) is 0 Å². The molecular weight excluding hydrogens is 300 g/mol. The van der Waals surface area contributed by atoms with Gasteiger partial charge in [0, 0.05) is 5.56 Å². The Morgan fingerprint density at radius 2 is 2.23 bits per heavy atom. The first-order valence-electron chi connectivity index (χ1n) is 7.65. The Balaban J connectivity index is 1.83. The minimum atomic E-state index is -0.137. The lowest BCUT2D eigenvalue weighted by atomic mass is 10.0. The number of nitrogens with zero attached hydrogens (tertiary/aromatic N) is 2. The summed E-state index contributed by atoms with van der Waals surface area (Å²) in [6, 6.07) is 5.70. The summed E-state index contributed by atoms with van der Waals surface area (Å²) in [7, 11) is 0. The van der Waals surface area contributed by atoms with Crippen molar-refractivity contribution in [1.82, 2.24) is 9.78 Å². The Morgan fingerprint density at radius 1 is 1.41 bits per heavy atom. The molecule has 1 fully saturated rings. The van der Waals surface area contributed by atoms with Gasteiger partial charge in [0.15, 0.2) is 0 Å². The molecule has 4 rings (SSSR count). The van der Waals surface area contributed by atoms with Crippen LogP contribution in [-0.4, -0.2) is 22.3 Å². The summed E-state index contributed by atoms with van der Waals surface area (Å²) in [6.45, 7) is 3.07. The van der Waals surface area contributed by atoms with Crippen LogP contribution >= 0.6 is 11.6 Å². The van der Waals surface area contributed by atoms with Crippen molar-refractivity contribution in [3.63, 3.8) is 0 Å². The third kappa shape index (κ3) is 2.18. The van der Waals surface area contributed by atoms with Gasteiger partial charge in [-0.2, -0.15) is 9.78 Å². The molecule has 2 aromatic rings. The molecule has 5 heteroatoms. The van der Waals surface area contributed by atoms with Crippen molar-refractivity contribution in [2.75, 3.05) is 6.61 Å². The average Bonchev–Trinajstić information content (AvgIpc) is 3.31. The Kier molecular flexibility index (Phi) is 3.31. The van der Waals surface area contributed by atoms with Gasteiger partial charge < -0.3 is 4.74 Å². The van der Waals surface area contributed by atoms with Crippen molar-refractivity contribution >= 4 is 17.5 Å². The molecule has 1 aliphatic heterocycles. The van der Waals surface area contributed by atoms with Gasteiger partial charge in [0.1, 0.15) is 0 Å². The number of aromatic nitrogens is 2. The van der Waals surface area contributed by atoms with E-state index in [0.29, 0.717) is 29.7 Å². The van der Waals surface area contributed by atoms with E-state index in [1.165, 1.54) is 4.68 Å². The monoisotopic (exact) mass is 316 g/mol. The fourth-order valence-corrected chi connectivity index (χ4v) is 3.46. The number of fused-ring (bicyclic) bond motifs is 1. The minimum Gasteiger partial charge on any atom is -0.375 e. The van der Waals surface area contributed by atoms with E-state index in [4.69, 9.17) is 16.3 Å². The Bertz CT molecular complexity index is 762. The number of carbonyl (C=O) groups is 1. The summed E-state index contributed by atoms with van der Waals surface area (Å²) in [5.74, 6) is 0.323. The van der Waals surface area contributed by atoms with Crippen LogP contribution in [0.25, 0.3) is 0 Å². The van der Waals surface area contributed by atoms with Crippen LogP contribution < -0.4 is 0 Å². The first kappa shape index (κ1) is 14.0. The highest BCUT2D eigenvalue weighted by atomic mass is 35.5. The summed E-state index contributed by atoms with van der Waals surface area (Å²) in [5, 5.41) is 4.97. The molecule has 0 N–H and O–H groups in total. The second kappa shape index (κ2) is 5.21. The second-order valence-corrected chi connectivity index (χ2v) is 6.42. The highest BCUT2D eigenvalue weighted by molar-refractivity contribution is 6.34. The number of hydrogen-bond donors (Lipinski definition) is 0. The largest absolute Gasteiger partial charge is 0.375 e. The van der Waals surface area contributed by atoms with Crippen LogP contribution in [0.5, 0.6) is 0 Å². The van der Waals surface area contributed by atoms with Crippen molar-refractivity contribution in [3.8, 4) is 0 Å². The number of rotatable bonds is 2. The maximum absolute atomic E-state index is 13.1. The summed E-state index contributed by atoms with van der Waals surface area (Å²) in [5.41, 5.74) is 4.57. The highest BCUT2D eigenvalue weighted by Gasteiger charge is 2.31. The zero-order valence-electron chi connectivity index (χ0n) is 12.4. The zero-order valence-corrected chi connectivity index (χ0v) is 13.2. The normalized spacial score (nSPS) is 17.4. The lowest BCUT2D eigenvalue weighted by molar-refractivity contribution is 0.0871. The molecule has 0 spiro atoms. The van der Waals surface area contributed by atoms with Gasteiger partial charge in [-0.05, 0) is 43.7 Å². The van der Waals surface area contributed by atoms with Crippen LogP contribution in [0.1, 0.15) is 51.6 Å². The maximum atomic E-state index is 13.1. The van der Waals surface area contributed by atoms with Crippen molar-refractivity contribution < 1.29 is 9.53 Å². The topological polar surface area (TPSA) is 44.1 Å². The predicted molar refractivity (Wildman–Crippen MR) is 83.5 cm³/mol. The van der Waals surface area contributed by atoms with E-state index in [1.54, 1.807) is 6.07 Å². The number of halogens is 1. The molecule has 0 atom stereocenters. The van der Waals surface area contributed by atoms with E-state index in [0.717, 1.165) is 41.8 Å². The Labute approximate surface area is 134 Å². The first-order valence-corrected chi connectivity index (χ1v) is 8.03. The third-order valence-corrected chi connectivity index (χ3v) is 4.81. The highest BCUT2D eigenvalue weighted by Crippen LogP contribution is 2.43. The fraction of sp³-hybridized carbons (Fsp3) is 0.412. The van der Waals surface area contributed by atoms with E-state index in [2.05, 4.69) is 5.10 Å².